The van der Waals surface area contributed by atoms with Crippen LogP contribution in [-0.2, 0) is 10.0 Å². The van der Waals surface area contributed by atoms with Crippen LogP contribution in [0.2, 0.25) is 0 Å². The number of benzene rings is 1. The number of thiazole rings is 1. The van der Waals surface area contributed by atoms with E-state index in [1.54, 1.807) is 0 Å². The lowest BCUT2D eigenvalue weighted by atomic mass is 10.1. The second-order valence-electron chi connectivity index (χ2n) is 5.91. The average Bonchev–Trinajstić information content (AvgIpc) is 3.14. The van der Waals surface area contributed by atoms with Gasteiger partial charge in [0, 0.05) is 19.1 Å². The van der Waals surface area contributed by atoms with E-state index >= 15 is 0 Å². The summed E-state index contributed by atoms with van der Waals surface area (Å²) in [6.07, 6.45) is 1.70. The van der Waals surface area contributed by atoms with Gasteiger partial charge in [-0.05, 0) is 18.6 Å². The zero-order chi connectivity index (χ0) is 19.1. The molecule has 26 heavy (non-hydrogen) atoms. The van der Waals surface area contributed by atoms with Crippen molar-refractivity contribution in [2.24, 2.45) is 0 Å². The summed E-state index contributed by atoms with van der Waals surface area (Å²) in [5.41, 5.74) is 5.06. The van der Waals surface area contributed by atoms with Gasteiger partial charge in [0.1, 0.15) is 22.3 Å². The van der Waals surface area contributed by atoms with Gasteiger partial charge in [-0.3, -0.25) is 4.79 Å². The van der Waals surface area contributed by atoms with Gasteiger partial charge >= 0.3 is 0 Å². The third kappa shape index (κ3) is 3.69. The predicted molar refractivity (Wildman–Crippen MR) is 94.8 cm³/mol. The fraction of sp³-hybridized carbons (Fsp3) is 0.333. The summed E-state index contributed by atoms with van der Waals surface area (Å²) in [5, 5.41) is 3.32. The molecule has 1 aromatic carbocycles. The number of carbonyl (C=O) groups is 1. The zero-order valence-electron chi connectivity index (χ0n) is 13.7. The van der Waals surface area contributed by atoms with Gasteiger partial charge in [0.15, 0.2) is 5.13 Å². The molecule has 0 saturated carbocycles. The first-order valence-corrected chi connectivity index (χ1v) is 10.3. The molecule has 1 saturated heterocycles. The average molecular weight is 402 g/mol. The Hall–Kier alpha value is -2.11. The van der Waals surface area contributed by atoms with Crippen LogP contribution < -0.4 is 11.1 Å². The molecule has 1 atom stereocenters. The highest BCUT2D eigenvalue weighted by molar-refractivity contribution is 7.88. The fourth-order valence-electron chi connectivity index (χ4n) is 2.71. The number of nitrogen functional groups attached to an aromatic ring is 1. The molecule has 140 valence electrons. The smallest absolute Gasteiger partial charge is 0.212 e. The van der Waals surface area contributed by atoms with Crippen molar-refractivity contribution in [3.63, 3.8) is 0 Å². The molecule has 1 fully saturated rings. The standard InChI is InChI=1S/C15H16F2N4O3S2/c1-26(23,24)21-6-5-8(7-21)19-15-20-14(18)13(25-15)12(22)11-9(16)3-2-4-10(11)17/h2-4,8H,5-7,18H2,1H3,(H,19,20)/t8-/m0/s1. The molecular formula is C15H16F2N4O3S2. The molecule has 2 heterocycles. The quantitative estimate of drug-likeness (QED) is 0.738. The Morgan fingerprint density at radius 2 is 2.04 bits per heavy atom. The van der Waals surface area contributed by atoms with Crippen molar-refractivity contribution in [2.45, 2.75) is 12.5 Å². The minimum Gasteiger partial charge on any atom is -0.382 e. The molecule has 1 aliphatic heterocycles. The largest absolute Gasteiger partial charge is 0.382 e. The van der Waals surface area contributed by atoms with Gasteiger partial charge in [0.2, 0.25) is 15.8 Å². The Morgan fingerprint density at radius 3 is 2.62 bits per heavy atom. The lowest BCUT2D eigenvalue weighted by Crippen LogP contribution is -2.30. The third-order valence-corrected chi connectivity index (χ3v) is 6.27. The van der Waals surface area contributed by atoms with Crippen molar-refractivity contribution in [1.29, 1.82) is 0 Å². The highest BCUT2D eigenvalue weighted by Gasteiger charge is 2.30. The van der Waals surface area contributed by atoms with Crippen LogP contribution in [0.3, 0.4) is 0 Å². The molecule has 7 nitrogen and oxygen atoms in total. The maximum absolute atomic E-state index is 13.8. The van der Waals surface area contributed by atoms with Crippen molar-refractivity contribution in [3.8, 4) is 0 Å². The second kappa shape index (κ2) is 6.89. The van der Waals surface area contributed by atoms with E-state index in [0.717, 1.165) is 35.8 Å². The number of nitrogens with zero attached hydrogens (tertiary/aromatic N) is 2. The van der Waals surface area contributed by atoms with Gasteiger partial charge in [-0.15, -0.1) is 0 Å². The Bertz CT molecular complexity index is 942. The van der Waals surface area contributed by atoms with Crippen LogP contribution >= 0.6 is 11.3 Å². The first-order valence-electron chi connectivity index (χ1n) is 7.63. The monoisotopic (exact) mass is 402 g/mol. The van der Waals surface area contributed by atoms with Crippen LogP contribution in [-0.4, -0.2) is 48.9 Å². The summed E-state index contributed by atoms with van der Waals surface area (Å²) < 4.78 is 52.1. The predicted octanol–water partition coefficient (Wildman–Crippen LogP) is 1.68. The van der Waals surface area contributed by atoms with Gasteiger partial charge in [0.25, 0.3) is 0 Å². The topological polar surface area (TPSA) is 105 Å². The van der Waals surface area contributed by atoms with Crippen LogP contribution in [0, 0.1) is 11.6 Å². The SMILES string of the molecule is CS(=O)(=O)N1CC[C@H](Nc2nc(N)c(C(=O)c3c(F)cccc3F)s2)C1. The summed E-state index contributed by atoms with van der Waals surface area (Å²) >= 11 is 0.877. The molecule has 0 unspecified atom stereocenters. The van der Waals surface area contributed by atoms with Crippen molar-refractivity contribution >= 4 is 38.1 Å². The number of aromatic nitrogens is 1. The number of ketones is 1. The van der Waals surface area contributed by atoms with Crippen molar-refractivity contribution in [1.82, 2.24) is 9.29 Å². The van der Waals surface area contributed by atoms with Crippen molar-refractivity contribution in [2.75, 3.05) is 30.4 Å². The third-order valence-electron chi connectivity index (χ3n) is 4.00. The fourth-order valence-corrected chi connectivity index (χ4v) is 4.50. The van der Waals surface area contributed by atoms with Crippen LogP contribution in [0.1, 0.15) is 21.7 Å². The summed E-state index contributed by atoms with van der Waals surface area (Å²) in [7, 11) is -3.28. The summed E-state index contributed by atoms with van der Waals surface area (Å²) in [6, 6.07) is 2.96. The molecule has 0 aliphatic carbocycles. The van der Waals surface area contributed by atoms with E-state index in [2.05, 4.69) is 10.3 Å². The molecular weight excluding hydrogens is 386 g/mol. The van der Waals surface area contributed by atoms with Gasteiger partial charge in [0.05, 0.1) is 11.8 Å². The number of rotatable bonds is 5. The van der Waals surface area contributed by atoms with Gasteiger partial charge in [-0.1, -0.05) is 17.4 Å². The lowest BCUT2D eigenvalue weighted by Gasteiger charge is -2.13. The number of nitrogens with one attached hydrogen (secondary N) is 1. The highest BCUT2D eigenvalue weighted by atomic mass is 32.2. The minimum atomic E-state index is -3.28. The number of carbonyl (C=O) groups excluding carboxylic acids is 1. The lowest BCUT2D eigenvalue weighted by molar-refractivity contribution is 0.103. The van der Waals surface area contributed by atoms with E-state index in [0.29, 0.717) is 18.1 Å². The van der Waals surface area contributed by atoms with E-state index in [-0.39, 0.29) is 23.3 Å². The van der Waals surface area contributed by atoms with Gasteiger partial charge in [-0.25, -0.2) is 26.5 Å². The van der Waals surface area contributed by atoms with E-state index < -0.39 is 33.0 Å². The number of nitrogens with two attached hydrogens (primary N) is 1. The molecule has 1 aliphatic rings. The molecule has 0 amide bonds. The summed E-state index contributed by atoms with van der Waals surface area (Å²) in [6.45, 7) is 0.646. The van der Waals surface area contributed by atoms with Crippen LogP contribution in [0.4, 0.5) is 19.7 Å². The van der Waals surface area contributed by atoms with E-state index in [4.69, 9.17) is 5.73 Å². The maximum Gasteiger partial charge on any atom is 0.212 e. The Morgan fingerprint density at radius 1 is 1.38 bits per heavy atom. The molecule has 1 aromatic heterocycles. The Balaban J connectivity index is 1.79. The van der Waals surface area contributed by atoms with Crippen molar-refractivity contribution < 1.29 is 22.0 Å². The molecule has 3 N–H and O–H groups in total. The number of halogens is 2. The van der Waals surface area contributed by atoms with Crippen LogP contribution in [0.25, 0.3) is 0 Å². The molecule has 0 radical (unpaired) electrons. The van der Waals surface area contributed by atoms with Gasteiger partial charge < -0.3 is 11.1 Å². The number of hydrogen-bond acceptors (Lipinski definition) is 7. The first kappa shape index (κ1) is 18.7. The summed E-state index contributed by atoms with van der Waals surface area (Å²) in [4.78, 5) is 16.4. The second-order valence-corrected chi connectivity index (χ2v) is 8.89. The molecule has 3 rings (SSSR count). The Kier molecular flexibility index (Phi) is 4.95. The Labute approximate surface area is 152 Å². The van der Waals surface area contributed by atoms with E-state index in [1.165, 1.54) is 4.31 Å². The van der Waals surface area contributed by atoms with Crippen LogP contribution in [0.15, 0.2) is 18.2 Å². The van der Waals surface area contributed by atoms with Gasteiger partial charge in [-0.2, -0.15) is 0 Å². The number of anilines is 2. The molecule has 0 spiro atoms. The van der Waals surface area contributed by atoms with E-state index in [1.807, 2.05) is 0 Å². The number of hydrogen-bond donors (Lipinski definition) is 2. The highest BCUT2D eigenvalue weighted by Crippen LogP contribution is 2.30. The zero-order valence-corrected chi connectivity index (χ0v) is 15.3. The van der Waals surface area contributed by atoms with E-state index in [9.17, 15) is 22.0 Å². The number of sulfonamides is 1. The minimum absolute atomic E-state index is 0.0746. The van der Waals surface area contributed by atoms with Crippen molar-refractivity contribution in [3.05, 3.63) is 40.3 Å². The first-order chi connectivity index (χ1) is 12.2. The normalized spacial score (nSPS) is 18.2. The molecule has 2 aromatic rings. The molecule has 0 bridgehead atoms. The molecule has 11 heteroatoms. The maximum atomic E-state index is 13.8. The summed E-state index contributed by atoms with van der Waals surface area (Å²) in [5.74, 6) is -2.97. The van der Waals surface area contributed by atoms with Crippen LogP contribution in [0.5, 0.6) is 0 Å².